The van der Waals surface area contributed by atoms with Crippen LogP contribution in [0.1, 0.15) is 40.6 Å². The molecule has 138 valence electrons. The maximum absolute atomic E-state index is 12.5. The average molecular weight is 374 g/mol. The number of nitrogens with one attached hydrogen (secondary N) is 2. The van der Waals surface area contributed by atoms with Crippen molar-refractivity contribution in [3.8, 4) is 0 Å². The number of thiophene rings is 1. The Morgan fingerprint density at radius 2 is 1.88 bits per heavy atom. The molecule has 3 N–H and O–H groups in total. The van der Waals surface area contributed by atoms with Gasteiger partial charge in [0.25, 0.3) is 5.91 Å². The summed E-state index contributed by atoms with van der Waals surface area (Å²) in [4.78, 5) is 37.8. The maximum atomic E-state index is 12.5. The molecule has 7 heteroatoms. The molecule has 1 aromatic rings. The van der Waals surface area contributed by atoms with E-state index in [1.807, 2.05) is 17.5 Å². The Morgan fingerprint density at radius 1 is 1.15 bits per heavy atom. The van der Waals surface area contributed by atoms with Crippen LogP contribution in [0, 0.1) is 29.6 Å². The number of hydrogen-bond donors (Lipinski definition) is 3. The molecule has 1 fully saturated rings. The number of allylic oxidation sites excluding steroid dienone is 2. The van der Waals surface area contributed by atoms with Crippen molar-refractivity contribution in [2.24, 2.45) is 29.6 Å². The molecule has 4 rings (SSSR count). The van der Waals surface area contributed by atoms with Crippen molar-refractivity contribution in [1.82, 2.24) is 10.9 Å². The van der Waals surface area contributed by atoms with E-state index in [2.05, 4.69) is 17.8 Å². The zero-order valence-electron chi connectivity index (χ0n) is 14.5. The van der Waals surface area contributed by atoms with Crippen LogP contribution in [0.15, 0.2) is 17.5 Å². The number of aliphatic carboxylic acids is 1. The van der Waals surface area contributed by atoms with Crippen LogP contribution in [-0.2, 0) is 22.4 Å². The summed E-state index contributed by atoms with van der Waals surface area (Å²) in [6, 6.07) is 0. The summed E-state index contributed by atoms with van der Waals surface area (Å²) in [5, 5.41) is 11.3. The molecular formula is C19H22N2O4S. The molecule has 0 spiro atoms. The molecule has 1 heterocycles. The molecule has 0 aromatic carbocycles. The largest absolute Gasteiger partial charge is 0.481 e. The summed E-state index contributed by atoms with van der Waals surface area (Å²) in [6.07, 6.45) is 7.46. The van der Waals surface area contributed by atoms with Crippen LogP contribution in [0.2, 0.25) is 0 Å². The van der Waals surface area contributed by atoms with E-state index in [-0.39, 0.29) is 17.7 Å². The second kappa shape index (κ2) is 6.54. The highest BCUT2D eigenvalue weighted by atomic mass is 32.1. The van der Waals surface area contributed by atoms with Crippen LogP contribution >= 0.6 is 11.3 Å². The molecule has 3 aliphatic carbocycles. The molecule has 2 amide bonds. The lowest BCUT2D eigenvalue weighted by atomic mass is 9.82. The summed E-state index contributed by atoms with van der Waals surface area (Å²) in [7, 11) is 0. The first-order chi connectivity index (χ1) is 12.5. The van der Waals surface area contributed by atoms with Crippen LogP contribution < -0.4 is 10.9 Å². The van der Waals surface area contributed by atoms with Crippen molar-refractivity contribution in [3.63, 3.8) is 0 Å². The Balaban J connectivity index is 1.41. The SMILES string of the molecule is C[C@H]1CCc2c(C(=O)NNC(=O)[C@H]3[C@@H](C(=O)O)[C@H]4C=C[C@@H]3C4)csc2C1. The number of hydrogen-bond acceptors (Lipinski definition) is 4. The van der Waals surface area contributed by atoms with E-state index < -0.39 is 23.7 Å². The van der Waals surface area contributed by atoms with E-state index in [0.29, 0.717) is 17.9 Å². The molecule has 1 aromatic heterocycles. The van der Waals surface area contributed by atoms with Crippen molar-refractivity contribution >= 4 is 29.1 Å². The van der Waals surface area contributed by atoms with Crippen molar-refractivity contribution < 1.29 is 19.5 Å². The zero-order chi connectivity index (χ0) is 18.4. The number of amides is 2. The minimum atomic E-state index is -0.950. The van der Waals surface area contributed by atoms with E-state index in [9.17, 15) is 19.5 Å². The van der Waals surface area contributed by atoms with Crippen LogP contribution in [0.4, 0.5) is 0 Å². The summed E-state index contributed by atoms with van der Waals surface area (Å²) in [5.74, 6) is -2.54. The van der Waals surface area contributed by atoms with Gasteiger partial charge < -0.3 is 5.11 Å². The highest BCUT2D eigenvalue weighted by molar-refractivity contribution is 7.10. The Hall–Kier alpha value is -2.15. The molecule has 1 saturated carbocycles. The first kappa shape index (κ1) is 17.3. The van der Waals surface area contributed by atoms with E-state index in [0.717, 1.165) is 24.8 Å². The number of carbonyl (C=O) groups is 3. The summed E-state index contributed by atoms with van der Waals surface area (Å²) >= 11 is 1.60. The van der Waals surface area contributed by atoms with Crippen molar-refractivity contribution in [2.45, 2.75) is 32.6 Å². The Kier molecular flexibility index (Phi) is 4.34. The highest BCUT2D eigenvalue weighted by Gasteiger charge is 2.51. The number of carboxylic acids is 1. The molecular weight excluding hydrogens is 352 g/mol. The topological polar surface area (TPSA) is 95.5 Å². The van der Waals surface area contributed by atoms with E-state index in [1.54, 1.807) is 11.3 Å². The van der Waals surface area contributed by atoms with Gasteiger partial charge in [0.05, 0.1) is 17.4 Å². The predicted molar refractivity (Wildman–Crippen MR) is 96.5 cm³/mol. The smallest absolute Gasteiger partial charge is 0.307 e. The summed E-state index contributed by atoms with van der Waals surface area (Å²) < 4.78 is 0. The molecule has 26 heavy (non-hydrogen) atoms. The Bertz CT molecular complexity index is 799. The zero-order valence-corrected chi connectivity index (χ0v) is 15.3. The van der Waals surface area contributed by atoms with E-state index in [4.69, 9.17) is 0 Å². The lowest BCUT2D eigenvalue weighted by Crippen LogP contribution is -2.48. The van der Waals surface area contributed by atoms with Gasteiger partial charge in [-0.15, -0.1) is 11.3 Å². The van der Waals surface area contributed by atoms with Gasteiger partial charge in [0.15, 0.2) is 0 Å². The fourth-order valence-electron chi connectivity index (χ4n) is 4.65. The van der Waals surface area contributed by atoms with Crippen LogP contribution in [0.5, 0.6) is 0 Å². The van der Waals surface area contributed by atoms with E-state index in [1.165, 1.54) is 4.88 Å². The third-order valence-corrected chi connectivity index (χ3v) is 7.04. The second-order valence-corrected chi connectivity index (χ2v) is 8.64. The van der Waals surface area contributed by atoms with Crippen LogP contribution in [0.3, 0.4) is 0 Å². The summed E-state index contributed by atoms with van der Waals surface area (Å²) in [6.45, 7) is 2.21. The molecule has 0 unspecified atom stereocenters. The third-order valence-electron chi connectivity index (χ3n) is 5.99. The number of carboxylic acid groups (broad SMARTS) is 1. The molecule has 0 radical (unpaired) electrons. The Labute approximate surface area is 155 Å². The van der Waals surface area contributed by atoms with Gasteiger partial charge in [0, 0.05) is 10.3 Å². The fourth-order valence-corrected chi connectivity index (χ4v) is 5.90. The van der Waals surface area contributed by atoms with Gasteiger partial charge in [-0.2, -0.15) is 0 Å². The average Bonchev–Trinajstić information content (AvgIpc) is 3.32. The summed E-state index contributed by atoms with van der Waals surface area (Å²) in [5.41, 5.74) is 6.67. The normalized spacial score (nSPS) is 31.5. The number of rotatable bonds is 3. The van der Waals surface area contributed by atoms with Crippen molar-refractivity contribution in [3.05, 3.63) is 33.5 Å². The van der Waals surface area contributed by atoms with Crippen molar-refractivity contribution in [1.29, 1.82) is 0 Å². The van der Waals surface area contributed by atoms with E-state index >= 15 is 0 Å². The monoisotopic (exact) mass is 374 g/mol. The van der Waals surface area contributed by atoms with Gasteiger partial charge in [-0.05, 0) is 49.0 Å². The van der Waals surface area contributed by atoms with Crippen molar-refractivity contribution in [2.75, 3.05) is 0 Å². The standard InChI is InChI=1S/C19H22N2O4S/c1-9-2-5-12-13(8-26-14(12)6-9)17(22)20-21-18(23)15-10-3-4-11(7-10)16(15)19(24)25/h3-4,8-11,15-16H,2,5-7H2,1H3,(H,20,22)(H,21,23)(H,24,25)/t9-,10+,11-,15+,16-/m0/s1. The van der Waals surface area contributed by atoms with Gasteiger partial charge >= 0.3 is 5.97 Å². The molecule has 5 atom stereocenters. The molecule has 0 aliphatic heterocycles. The van der Waals surface area contributed by atoms with Gasteiger partial charge in [0.2, 0.25) is 5.91 Å². The maximum Gasteiger partial charge on any atom is 0.307 e. The predicted octanol–water partition coefficient (Wildman–Crippen LogP) is 2.16. The quantitative estimate of drug-likeness (QED) is 0.558. The third kappa shape index (κ3) is 2.84. The second-order valence-electron chi connectivity index (χ2n) is 7.68. The molecule has 2 bridgehead atoms. The minimum Gasteiger partial charge on any atom is -0.481 e. The first-order valence-electron chi connectivity index (χ1n) is 9.06. The Morgan fingerprint density at radius 3 is 2.62 bits per heavy atom. The number of hydrazine groups is 1. The number of fused-ring (bicyclic) bond motifs is 3. The lowest BCUT2D eigenvalue weighted by molar-refractivity contribution is -0.148. The number of carbonyl (C=O) groups excluding carboxylic acids is 2. The molecule has 3 aliphatic rings. The molecule has 0 saturated heterocycles. The van der Waals surface area contributed by atoms with Gasteiger partial charge in [-0.25, -0.2) is 0 Å². The van der Waals surface area contributed by atoms with Crippen LogP contribution in [-0.4, -0.2) is 22.9 Å². The van der Waals surface area contributed by atoms with Gasteiger partial charge in [-0.1, -0.05) is 19.1 Å². The van der Waals surface area contributed by atoms with Crippen LogP contribution in [0.25, 0.3) is 0 Å². The fraction of sp³-hybridized carbons (Fsp3) is 0.526. The van der Waals surface area contributed by atoms with Gasteiger partial charge in [-0.3, -0.25) is 25.2 Å². The van der Waals surface area contributed by atoms with Gasteiger partial charge in [0.1, 0.15) is 0 Å². The highest BCUT2D eigenvalue weighted by Crippen LogP contribution is 2.48. The molecule has 6 nitrogen and oxygen atoms in total. The minimum absolute atomic E-state index is 0.0617. The lowest BCUT2D eigenvalue weighted by Gasteiger charge is -2.24. The first-order valence-corrected chi connectivity index (χ1v) is 9.94.